The van der Waals surface area contributed by atoms with Crippen LogP contribution < -0.4 is 27.2 Å². The molecule has 0 amide bonds. The summed E-state index contributed by atoms with van der Waals surface area (Å²) in [6.45, 7) is 1.26. The van der Waals surface area contributed by atoms with Crippen LogP contribution in [0.25, 0.3) is 0 Å². The lowest BCUT2D eigenvalue weighted by Gasteiger charge is -2.12. The van der Waals surface area contributed by atoms with Crippen LogP contribution in [0, 0.1) is 0 Å². The molecule has 5 heteroatoms. The molecule has 2 aromatic rings. The number of rotatable bonds is 6. The van der Waals surface area contributed by atoms with Crippen molar-refractivity contribution in [2.24, 2.45) is 0 Å². The quantitative estimate of drug-likeness (QED) is 0.845. The molecule has 0 aliphatic rings. The maximum atomic E-state index is 5.95. The van der Waals surface area contributed by atoms with Gasteiger partial charge in [0.2, 0.25) is 0 Å². The van der Waals surface area contributed by atoms with Gasteiger partial charge in [-0.2, -0.15) is 0 Å². The molecule has 0 aromatic heterocycles. The molecule has 0 atom stereocenters. The zero-order valence-corrected chi connectivity index (χ0v) is 13.5. The SMILES string of the molecule is CNCc1ccc(OCc2cccc(Cl)c2)c(OC)c1.[Cl-]. The Kier molecular flexibility index (Phi) is 7.37. The van der Waals surface area contributed by atoms with E-state index < -0.39 is 0 Å². The van der Waals surface area contributed by atoms with Crippen molar-refractivity contribution in [3.8, 4) is 11.5 Å². The van der Waals surface area contributed by atoms with Crippen LogP contribution in [-0.2, 0) is 13.2 Å². The molecule has 0 aliphatic heterocycles. The van der Waals surface area contributed by atoms with E-state index in [1.54, 1.807) is 7.11 Å². The molecular formula is C16H18Cl2NO2-. The minimum absolute atomic E-state index is 0. The second-order valence-electron chi connectivity index (χ2n) is 4.43. The number of methoxy groups -OCH3 is 1. The van der Waals surface area contributed by atoms with Crippen molar-refractivity contribution in [1.29, 1.82) is 0 Å². The first-order valence-electron chi connectivity index (χ1n) is 6.41. The van der Waals surface area contributed by atoms with Gasteiger partial charge in [-0.3, -0.25) is 0 Å². The van der Waals surface area contributed by atoms with E-state index in [-0.39, 0.29) is 12.4 Å². The molecule has 2 rings (SSSR count). The van der Waals surface area contributed by atoms with Crippen molar-refractivity contribution in [1.82, 2.24) is 5.32 Å². The molecule has 0 radical (unpaired) electrons. The first-order valence-corrected chi connectivity index (χ1v) is 6.79. The van der Waals surface area contributed by atoms with Gasteiger partial charge in [-0.05, 0) is 42.4 Å². The minimum atomic E-state index is 0. The topological polar surface area (TPSA) is 30.5 Å². The second-order valence-corrected chi connectivity index (χ2v) is 4.87. The van der Waals surface area contributed by atoms with Crippen molar-refractivity contribution in [3.63, 3.8) is 0 Å². The van der Waals surface area contributed by atoms with Gasteiger partial charge in [0.1, 0.15) is 6.61 Å². The Hall–Kier alpha value is -1.42. The zero-order valence-electron chi connectivity index (χ0n) is 12.0. The smallest absolute Gasteiger partial charge is 0.161 e. The Balaban J connectivity index is 0.00000220. The lowest BCUT2D eigenvalue weighted by molar-refractivity contribution is -0.00000460. The summed E-state index contributed by atoms with van der Waals surface area (Å²) >= 11 is 5.95. The van der Waals surface area contributed by atoms with Gasteiger partial charge in [0.05, 0.1) is 7.11 Å². The highest BCUT2D eigenvalue weighted by Gasteiger charge is 2.06. The Morgan fingerprint density at radius 1 is 1.05 bits per heavy atom. The maximum Gasteiger partial charge on any atom is 0.161 e. The van der Waals surface area contributed by atoms with E-state index in [1.165, 1.54) is 0 Å². The van der Waals surface area contributed by atoms with Crippen LogP contribution >= 0.6 is 11.6 Å². The minimum Gasteiger partial charge on any atom is -1.00 e. The normalized spacial score (nSPS) is 9.86. The Labute approximate surface area is 136 Å². The number of benzene rings is 2. The predicted octanol–water partition coefficient (Wildman–Crippen LogP) is 0.651. The molecule has 0 saturated heterocycles. The van der Waals surface area contributed by atoms with E-state index in [0.29, 0.717) is 11.6 Å². The van der Waals surface area contributed by atoms with E-state index in [9.17, 15) is 0 Å². The van der Waals surface area contributed by atoms with Gasteiger partial charge in [-0.1, -0.05) is 29.8 Å². The third-order valence-electron chi connectivity index (χ3n) is 2.89. The molecule has 0 heterocycles. The van der Waals surface area contributed by atoms with E-state index in [0.717, 1.165) is 29.2 Å². The monoisotopic (exact) mass is 326 g/mol. The van der Waals surface area contributed by atoms with Crippen LogP contribution in [-0.4, -0.2) is 14.2 Å². The summed E-state index contributed by atoms with van der Waals surface area (Å²) in [7, 11) is 3.56. The van der Waals surface area contributed by atoms with Crippen LogP contribution in [0.15, 0.2) is 42.5 Å². The average molecular weight is 327 g/mol. The summed E-state index contributed by atoms with van der Waals surface area (Å²) in [6.07, 6.45) is 0. The number of hydrogen-bond acceptors (Lipinski definition) is 3. The van der Waals surface area contributed by atoms with Crippen LogP contribution in [0.2, 0.25) is 5.02 Å². The van der Waals surface area contributed by atoms with Crippen molar-refractivity contribution < 1.29 is 21.9 Å². The Morgan fingerprint density at radius 2 is 1.86 bits per heavy atom. The van der Waals surface area contributed by atoms with Crippen LogP contribution in [0.4, 0.5) is 0 Å². The van der Waals surface area contributed by atoms with E-state index in [1.807, 2.05) is 49.5 Å². The van der Waals surface area contributed by atoms with E-state index in [4.69, 9.17) is 21.1 Å². The highest BCUT2D eigenvalue weighted by molar-refractivity contribution is 6.30. The Morgan fingerprint density at radius 3 is 2.52 bits per heavy atom. The molecule has 0 fully saturated rings. The van der Waals surface area contributed by atoms with Gasteiger partial charge in [0.15, 0.2) is 11.5 Å². The molecule has 1 N–H and O–H groups in total. The van der Waals surface area contributed by atoms with Crippen LogP contribution in [0.5, 0.6) is 11.5 Å². The molecule has 114 valence electrons. The summed E-state index contributed by atoms with van der Waals surface area (Å²) in [5.41, 5.74) is 2.18. The summed E-state index contributed by atoms with van der Waals surface area (Å²) < 4.78 is 11.2. The fraction of sp³-hybridized carbons (Fsp3) is 0.250. The number of halogens is 2. The van der Waals surface area contributed by atoms with E-state index >= 15 is 0 Å². The standard InChI is InChI=1S/C16H18ClNO2.ClH/c1-18-10-12-6-7-15(16(9-12)19-2)20-11-13-4-3-5-14(17)8-13;/h3-9,18H,10-11H2,1-2H3;1H/p-1. The molecule has 0 aliphatic carbocycles. The zero-order chi connectivity index (χ0) is 14.4. The number of hydrogen-bond donors (Lipinski definition) is 1. The lowest BCUT2D eigenvalue weighted by atomic mass is 10.2. The molecular weight excluding hydrogens is 309 g/mol. The van der Waals surface area contributed by atoms with Crippen molar-refractivity contribution in [2.75, 3.05) is 14.2 Å². The first-order chi connectivity index (χ1) is 9.72. The van der Waals surface area contributed by atoms with Crippen LogP contribution in [0.1, 0.15) is 11.1 Å². The van der Waals surface area contributed by atoms with Gasteiger partial charge >= 0.3 is 0 Å². The molecule has 2 aromatic carbocycles. The highest BCUT2D eigenvalue weighted by atomic mass is 35.5. The number of ether oxygens (including phenoxy) is 2. The molecule has 21 heavy (non-hydrogen) atoms. The Bertz CT molecular complexity index is 576. The van der Waals surface area contributed by atoms with Crippen molar-refractivity contribution in [2.45, 2.75) is 13.2 Å². The summed E-state index contributed by atoms with van der Waals surface area (Å²) in [5.74, 6) is 1.46. The van der Waals surface area contributed by atoms with Crippen molar-refractivity contribution in [3.05, 3.63) is 58.6 Å². The van der Waals surface area contributed by atoms with E-state index in [2.05, 4.69) is 5.32 Å². The summed E-state index contributed by atoms with van der Waals surface area (Å²) in [6, 6.07) is 13.6. The maximum absolute atomic E-state index is 5.95. The summed E-state index contributed by atoms with van der Waals surface area (Å²) in [4.78, 5) is 0. The third kappa shape index (κ3) is 5.12. The molecule has 0 unspecified atom stereocenters. The summed E-state index contributed by atoms with van der Waals surface area (Å²) in [5, 5.41) is 3.82. The van der Waals surface area contributed by atoms with Crippen molar-refractivity contribution >= 4 is 11.6 Å². The largest absolute Gasteiger partial charge is 1.00 e. The predicted molar refractivity (Wildman–Crippen MR) is 81.5 cm³/mol. The van der Waals surface area contributed by atoms with Crippen LogP contribution in [0.3, 0.4) is 0 Å². The van der Waals surface area contributed by atoms with Gasteiger partial charge in [-0.25, -0.2) is 0 Å². The average Bonchev–Trinajstić information content (AvgIpc) is 2.46. The fourth-order valence-electron chi connectivity index (χ4n) is 1.93. The van der Waals surface area contributed by atoms with Gasteiger partial charge in [-0.15, -0.1) is 0 Å². The molecule has 0 spiro atoms. The van der Waals surface area contributed by atoms with Gasteiger partial charge in [0.25, 0.3) is 0 Å². The molecule has 0 saturated carbocycles. The molecule has 3 nitrogen and oxygen atoms in total. The molecule has 0 bridgehead atoms. The van der Waals surface area contributed by atoms with Gasteiger partial charge < -0.3 is 27.2 Å². The third-order valence-corrected chi connectivity index (χ3v) is 3.13. The first kappa shape index (κ1) is 17.6. The highest BCUT2D eigenvalue weighted by Crippen LogP contribution is 2.29. The lowest BCUT2D eigenvalue weighted by Crippen LogP contribution is -3.00. The van der Waals surface area contributed by atoms with Gasteiger partial charge in [0, 0.05) is 11.6 Å². The fourth-order valence-corrected chi connectivity index (χ4v) is 2.15. The number of nitrogens with one attached hydrogen (secondary N) is 1. The second kappa shape index (κ2) is 8.78.